The average molecular weight is 405 g/mol. The molecule has 1 aliphatic carbocycles. The van der Waals surface area contributed by atoms with E-state index >= 15 is 0 Å². The Labute approximate surface area is 158 Å². The number of carbonyl (C=O) groups excluding carboxylic acids is 1. The predicted molar refractivity (Wildman–Crippen MR) is 96.1 cm³/mol. The Bertz CT molecular complexity index is 777. The van der Waals surface area contributed by atoms with Crippen LogP contribution in [0.4, 0.5) is 4.39 Å². The highest BCUT2D eigenvalue weighted by Crippen LogP contribution is 2.32. The summed E-state index contributed by atoms with van der Waals surface area (Å²) in [4.78, 5) is 13.2. The largest absolute Gasteiger partial charge is 0.348 e. The van der Waals surface area contributed by atoms with Crippen molar-refractivity contribution in [2.75, 3.05) is 32.7 Å². The SMILES string of the molecule is C[C@@H](NC(=O)C[NH+]1CCN(S(=O)(=O)c2ccc(F)c(Cl)c2)CC1)C1CC1. The fraction of sp³-hybridized carbons (Fsp3) is 0.588. The van der Waals surface area contributed by atoms with Crippen LogP contribution in [-0.2, 0) is 14.8 Å². The van der Waals surface area contributed by atoms with E-state index in [1.54, 1.807) is 0 Å². The molecule has 1 saturated carbocycles. The second-order valence-electron chi connectivity index (χ2n) is 7.10. The fourth-order valence-electron chi connectivity index (χ4n) is 3.25. The molecule has 0 spiro atoms. The minimum atomic E-state index is -3.71. The first-order valence-corrected chi connectivity index (χ1v) is 10.7. The number of nitrogens with zero attached hydrogens (tertiary/aromatic N) is 1. The molecular weight excluding hydrogens is 381 g/mol. The van der Waals surface area contributed by atoms with Gasteiger partial charge in [0.05, 0.1) is 36.1 Å². The first-order valence-electron chi connectivity index (χ1n) is 8.85. The van der Waals surface area contributed by atoms with Gasteiger partial charge in [0.1, 0.15) is 5.82 Å². The van der Waals surface area contributed by atoms with Crippen LogP contribution in [0.25, 0.3) is 0 Å². The van der Waals surface area contributed by atoms with Crippen LogP contribution in [0, 0.1) is 11.7 Å². The van der Waals surface area contributed by atoms with Gasteiger partial charge in [-0.15, -0.1) is 0 Å². The van der Waals surface area contributed by atoms with Crippen molar-refractivity contribution >= 4 is 27.5 Å². The lowest BCUT2D eigenvalue weighted by Crippen LogP contribution is -3.15. The summed E-state index contributed by atoms with van der Waals surface area (Å²) in [5, 5.41) is 2.81. The Kier molecular flexibility index (Phi) is 5.86. The molecule has 6 nitrogen and oxygen atoms in total. The van der Waals surface area contributed by atoms with Crippen LogP contribution in [0.15, 0.2) is 23.1 Å². The Hall–Kier alpha value is -1.22. The number of carbonyl (C=O) groups is 1. The lowest BCUT2D eigenvalue weighted by Gasteiger charge is -2.31. The molecule has 1 aromatic rings. The number of halogens is 2. The van der Waals surface area contributed by atoms with Crippen LogP contribution in [0.2, 0.25) is 5.02 Å². The van der Waals surface area contributed by atoms with Crippen molar-refractivity contribution < 1.29 is 22.5 Å². The molecule has 1 aliphatic heterocycles. The number of rotatable bonds is 6. The summed E-state index contributed by atoms with van der Waals surface area (Å²) in [5.41, 5.74) is 0. The third-order valence-corrected chi connectivity index (χ3v) is 7.27. The highest BCUT2D eigenvalue weighted by Gasteiger charge is 2.33. The number of quaternary nitrogens is 1. The van der Waals surface area contributed by atoms with Crippen LogP contribution in [0.1, 0.15) is 19.8 Å². The van der Waals surface area contributed by atoms with Gasteiger partial charge in [0.15, 0.2) is 6.54 Å². The number of amides is 1. The normalized spacial score (nSPS) is 20.7. The van der Waals surface area contributed by atoms with Crippen molar-refractivity contribution in [1.82, 2.24) is 9.62 Å². The van der Waals surface area contributed by atoms with Crippen molar-refractivity contribution in [2.24, 2.45) is 5.92 Å². The second kappa shape index (κ2) is 7.80. The van der Waals surface area contributed by atoms with Gasteiger partial charge in [0.25, 0.3) is 5.91 Å². The molecule has 3 rings (SSSR count). The highest BCUT2D eigenvalue weighted by atomic mass is 35.5. The Balaban J connectivity index is 1.53. The average Bonchev–Trinajstić information content (AvgIpc) is 3.42. The maximum absolute atomic E-state index is 13.3. The molecule has 0 unspecified atom stereocenters. The topological polar surface area (TPSA) is 70.9 Å². The molecule has 1 amide bonds. The van der Waals surface area contributed by atoms with Crippen LogP contribution in [0.3, 0.4) is 0 Å². The lowest BCUT2D eigenvalue weighted by molar-refractivity contribution is -0.895. The van der Waals surface area contributed by atoms with Crippen LogP contribution < -0.4 is 10.2 Å². The van der Waals surface area contributed by atoms with E-state index in [0.717, 1.165) is 17.0 Å². The van der Waals surface area contributed by atoms with Crippen molar-refractivity contribution in [3.05, 3.63) is 29.0 Å². The number of nitrogens with one attached hydrogen (secondary N) is 2. The zero-order valence-corrected chi connectivity index (χ0v) is 16.2. The summed E-state index contributed by atoms with van der Waals surface area (Å²) in [5.74, 6) is -0.0224. The van der Waals surface area contributed by atoms with Crippen LogP contribution in [0.5, 0.6) is 0 Å². The van der Waals surface area contributed by atoms with E-state index in [2.05, 4.69) is 5.32 Å². The summed E-state index contributed by atoms with van der Waals surface area (Å²) in [6.45, 7) is 4.13. The zero-order valence-electron chi connectivity index (χ0n) is 14.7. The van der Waals surface area contributed by atoms with Crippen molar-refractivity contribution in [2.45, 2.75) is 30.7 Å². The van der Waals surface area contributed by atoms with Gasteiger partial charge in [-0.05, 0) is 43.9 Å². The number of piperazine rings is 1. The van der Waals surface area contributed by atoms with E-state index in [1.807, 2.05) is 6.92 Å². The minimum Gasteiger partial charge on any atom is -0.348 e. The van der Waals surface area contributed by atoms with Gasteiger partial charge in [-0.3, -0.25) is 4.79 Å². The van der Waals surface area contributed by atoms with Gasteiger partial charge in [0.2, 0.25) is 10.0 Å². The molecular formula is C17H24ClFN3O3S+. The molecule has 1 aromatic carbocycles. The van der Waals surface area contributed by atoms with E-state index in [-0.39, 0.29) is 21.9 Å². The Morgan fingerprint density at radius 2 is 2.04 bits per heavy atom. The molecule has 2 aliphatic rings. The number of sulfonamides is 1. The van der Waals surface area contributed by atoms with E-state index in [4.69, 9.17) is 11.6 Å². The predicted octanol–water partition coefficient (Wildman–Crippen LogP) is 0.283. The maximum atomic E-state index is 13.3. The van der Waals surface area contributed by atoms with E-state index in [1.165, 1.54) is 23.2 Å². The number of benzene rings is 1. The second-order valence-corrected chi connectivity index (χ2v) is 9.45. The third-order valence-electron chi connectivity index (χ3n) is 5.09. The summed E-state index contributed by atoms with van der Waals surface area (Å²) in [6.07, 6.45) is 2.36. The van der Waals surface area contributed by atoms with Crippen LogP contribution in [-0.4, -0.2) is 57.4 Å². The van der Waals surface area contributed by atoms with E-state index in [9.17, 15) is 17.6 Å². The maximum Gasteiger partial charge on any atom is 0.275 e. The molecule has 26 heavy (non-hydrogen) atoms. The van der Waals surface area contributed by atoms with Crippen molar-refractivity contribution in [3.63, 3.8) is 0 Å². The molecule has 1 saturated heterocycles. The van der Waals surface area contributed by atoms with Crippen molar-refractivity contribution in [3.8, 4) is 0 Å². The lowest BCUT2D eigenvalue weighted by atomic mass is 10.2. The fourth-order valence-corrected chi connectivity index (χ4v) is 4.97. The third kappa shape index (κ3) is 4.54. The number of hydrogen-bond donors (Lipinski definition) is 2. The van der Waals surface area contributed by atoms with Crippen molar-refractivity contribution in [1.29, 1.82) is 0 Å². The van der Waals surface area contributed by atoms with E-state index < -0.39 is 15.8 Å². The molecule has 9 heteroatoms. The first kappa shape index (κ1) is 19.5. The molecule has 0 aromatic heterocycles. The van der Waals surface area contributed by atoms with Gasteiger partial charge >= 0.3 is 0 Å². The van der Waals surface area contributed by atoms with Gasteiger partial charge in [-0.25, -0.2) is 12.8 Å². The van der Waals surface area contributed by atoms with Gasteiger partial charge in [-0.2, -0.15) is 4.31 Å². The monoisotopic (exact) mass is 404 g/mol. The molecule has 1 atom stereocenters. The Morgan fingerprint density at radius 3 is 2.62 bits per heavy atom. The van der Waals surface area contributed by atoms with Gasteiger partial charge < -0.3 is 10.2 Å². The molecule has 1 heterocycles. The summed E-state index contributed by atoms with van der Waals surface area (Å²) >= 11 is 5.70. The number of hydrogen-bond acceptors (Lipinski definition) is 3. The summed E-state index contributed by atoms with van der Waals surface area (Å²) in [7, 11) is -3.71. The summed E-state index contributed by atoms with van der Waals surface area (Å²) in [6, 6.07) is 3.63. The first-order chi connectivity index (χ1) is 12.3. The zero-order chi connectivity index (χ0) is 18.9. The smallest absolute Gasteiger partial charge is 0.275 e. The highest BCUT2D eigenvalue weighted by molar-refractivity contribution is 7.89. The standard InChI is InChI=1S/C17H23ClFN3O3S/c1-12(13-2-3-13)20-17(23)11-21-6-8-22(9-7-21)26(24,25)14-4-5-16(19)15(18)10-14/h4-5,10,12-13H,2-3,6-9,11H2,1H3,(H,20,23)/p+1/t12-/m1/s1. The molecule has 0 bridgehead atoms. The molecule has 2 fully saturated rings. The summed E-state index contributed by atoms with van der Waals surface area (Å²) < 4.78 is 40.0. The van der Waals surface area contributed by atoms with Gasteiger partial charge in [0, 0.05) is 6.04 Å². The minimum absolute atomic E-state index is 0.0108. The Morgan fingerprint density at radius 1 is 1.38 bits per heavy atom. The molecule has 2 N–H and O–H groups in total. The van der Waals surface area contributed by atoms with Gasteiger partial charge in [-0.1, -0.05) is 11.6 Å². The molecule has 144 valence electrons. The molecule has 0 radical (unpaired) electrons. The van der Waals surface area contributed by atoms with Crippen LogP contribution >= 0.6 is 11.6 Å². The van der Waals surface area contributed by atoms with E-state index in [0.29, 0.717) is 38.6 Å². The quantitative estimate of drug-likeness (QED) is 0.715.